The number of rotatable bonds is 12. The lowest BCUT2D eigenvalue weighted by Gasteiger charge is -2.16. The van der Waals surface area contributed by atoms with Crippen molar-refractivity contribution in [1.82, 2.24) is 4.98 Å². The summed E-state index contributed by atoms with van der Waals surface area (Å²) >= 11 is 1.55. The molecule has 0 aliphatic rings. The number of aromatic nitrogens is 1. The van der Waals surface area contributed by atoms with E-state index in [1.54, 1.807) is 44.4 Å². The van der Waals surface area contributed by atoms with Gasteiger partial charge in [-0.2, -0.15) is 0 Å². The van der Waals surface area contributed by atoms with Crippen LogP contribution in [-0.4, -0.2) is 44.0 Å². The number of esters is 1. The highest BCUT2D eigenvalue weighted by molar-refractivity contribution is 7.13. The van der Waals surface area contributed by atoms with Crippen LogP contribution in [0.2, 0.25) is 0 Å². The first-order valence-electron chi connectivity index (χ1n) is 10.8. The van der Waals surface area contributed by atoms with E-state index in [2.05, 4.69) is 4.98 Å². The molecule has 0 spiro atoms. The van der Waals surface area contributed by atoms with Crippen LogP contribution in [0.3, 0.4) is 0 Å². The van der Waals surface area contributed by atoms with Crippen molar-refractivity contribution in [2.75, 3.05) is 26.9 Å². The normalized spacial score (nSPS) is 11.8. The maximum Gasteiger partial charge on any atom is 0.335 e. The van der Waals surface area contributed by atoms with Crippen LogP contribution in [0.15, 0.2) is 47.8 Å². The summed E-state index contributed by atoms with van der Waals surface area (Å²) in [4.78, 5) is 16.6. The fourth-order valence-corrected chi connectivity index (χ4v) is 4.06. The molecular weight excluding hydrogens is 445 g/mol. The van der Waals surface area contributed by atoms with Crippen LogP contribution in [0.4, 0.5) is 4.39 Å². The summed E-state index contributed by atoms with van der Waals surface area (Å²) in [5.41, 5.74) is 2.54. The highest BCUT2D eigenvalue weighted by atomic mass is 32.1. The van der Waals surface area contributed by atoms with Crippen molar-refractivity contribution >= 4 is 17.3 Å². The molecule has 0 saturated heterocycles. The minimum Gasteiger partial charge on any atom is -0.497 e. The van der Waals surface area contributed by atoms with Crippen molar-refractivity contribution in [2.45, 2.75) is 32.8 Å². The zero-order valence-corrected chi connectivity index (χ0v) is 19.8. The lowest BCUT2D eigenvalue weighted by atomic mass is 10.1. The summed E-state index contributed by atoms with van der Waals surface area (Å²) < 4.78 is 35.8. The van der Waals surface area contributed by atoms with Gasteiger partial charge >= 0.3 is 5.97 Å². The molecule has 3 aromatic rings. The topological polar surface area (TPSA) is 66.9 Å². The Bertz CT molecular complexity index is 1040. The Morgan fingerprint density at radius 2 is 1.91 bits per heavy atom. The predicted molar refractivity (Wildman–Crippen MR) is 125 cm³/mol. The predicted octanol–water partition coefficient (Wildman–Crippen LogP) is 5.09. The molecule has 0 fully saturated rings. The van der Waals surface area contributed by atoms with Gasteiger partial charge in [-0.25, -0.2) is 14.2 Å². The SMILES string of the molecule is CCOC(=O)C(Cc1ccc(OCCc2csc(-c3ccc(OC)cc3)n2)c(F)c1)OCC. The van der Waals surface area contributed by atoms with Crippen LogP contribution in [0.5, 0.6) is 11.5 Å². The number of ether oxygens (including phenoxy) is 4. The first kappa shape index (κ1) is 24.7. The van der Waals surface area contributed by atoms with E-state index in [4.69, 9.17) is 18.9 Å². The molecule has 176 valence electrons. The second-order valence-electron chi connectivity index (χ2n) is 7.14. The first-order valence-corrected chi connectivity index (χ1v) is 11.7. The van der Waals surface area contributed by atoms with Gasteiger partial charge in [-0.05, 0) is 55.8 Å². The molecule has 1 unspecified atom stereocenters. The van der Waals surface area contributed by atoms with Crippen molar-refractivity contribution in [2.24, 2.45) is 0 Å². The van der Waals surface area contributed by atoms with Gasteiger partial charge in [0.05, 0.1) is 26.0 Å². The average molecular weight is 474 g/mol. The molecule has 0 radical (unpaired) electrons. The molecule has 1 aromatic heterocycles. The third kappa shape index (κ3) is 7.00. The molecule has 0 bridgehead atoms. The van der Waals surface area contributed by atoms with E-state index < -0.39 is 17.9 Å². The smallest absolute Gasteiger partial charge is 0.335 e. The molecule has 2 aromatic carbocycles. The van der Waals surface area contributed by atoms with Crippen molar-refractivity contribution < 1.29 is 28.1 Å². The van der Waals surface area contributed by atoms with E-state index in [0.717, 1.165) is 22.0 Å². The summed E-state index contributed by atoms with van der Waals surface area (Å²) in [5.74, 6) is 0.0286. The molecule has 0 aliphatic carbocycles. The minimum atomic E-state index is -0.759. The van der Waals surface area contributed by atoms with E-state index in [9.17, 15) is 9.18 Å². The minimum absolute atomic E-state index is 0.161. The first-order chi connectivity index (χ1) is 16.0. The molecule has 0 aliphatic heterocycles. The van der Waals surface area contributed by atoms with Gasteiger partial charge in [-0.3, -0.25) is 0 Å². The average Bonchev–Trinajstić information content (AvgIpc) is 3.29. The van der Waals surface area contributed by atoms with Crippen molar-refractivity contribution in [3.63, 3.8) is 0 Å². The molecule has 3 rings (SSSR count). The Labute approximate surface area is 197 Å². The van der Waals surface area contributed by atoms with Crippen LogP contribution in [0, 0.1) is 5.82 Å². The number of thiazole rings is 1. The summed E-state index contributed by atoms with van der Waals surface area (Å²) in [6.45, 7) is 4.46. The maximum atomic E-state index is 14.5. The molecule has 1 atom stereocenters. The Kier molecular flexibility index (Phi) is 9.21. The van der Waals surface area contributed by atoms with Gasteiger partial charge in [0, 0.05) is 30.4 Å². The second-order valence-corrected chi connectivity index (χ2v) is 7.99. The number of carbonyl (C=O) groups excluding carboxylic acids is 1. The Morgan fingerprint density at radius 3 is 2.58 bits per heavy atom. The quantitative estimate of drug-likeness (QED) is 0.342. The lowest BCUT2D eigenvalue weighted by molar-refractivity contribution is -0.156. The van der Waals surface area contributed by atoms with Gasteiger partial charge in [-0.15, -0.1) is 11.3 Å². The van der Waals surface area contributed by atoms with Gasteiger partial charge in [-0.1, -0.05) is 6.07 Å². The molecule has 8 heteroatoms. The molecular formula is C25H28FNO5S. The zero-order valence-electron chi connectivity index (χ0n) is 19.0. The van der Waals surface area contributed by atoms with E-state index in [-0.39, 0.29) is 18.8 Å². The summed E-state index contributed by atoms with van der Waals surface area (Å²) in [7, 11) is 1.63. The molecule has 33 heavy (non-hydrogen) atoms. The van der Waals surface area contributed by atoms with Crippen LogP contribution in [0.1, 0.15) is 25.1 Å². The molecule has 6 nitrogen and oxygen atoms in total. The van der Waals surface area contributed by atoms with Gasteiger partial charge < -0.3 is 18.9 Å². The number of methoxy groups -OCH3 is 1. The van der Waals surface area contributed by atoms with Crippen LogP contribution in [-0.2, 0) is 27.1 Å². The molecule has 1 heterocycles. The Balaban J connectivity index is 1.54. The van der Waals surface area contributed by atoms with Crippen LogP contribution in [0.25, 0.3) is 10.6 Å². The van der Waals surface area contributed by atoms with Crippen molar-refractivity contribution in [3.05, 3.63) is 64.9 Å². The molecule has 0 amide bonds. The van der Waals surface area contributed by atoms with Crippen molar-refractivity contribution in [3.8, 4) is 22.1 Å². The summed E-state index contributed by atoms with van der Waals surface area (Å²) in [5, 5.41) is 2.89. The summed E-state index contributed by atoms with van der Waals surface area (Å²) in [6.07, 6.45) is 0.0330. The highest BCUT2D eigenvalue weighted by Crippen LogP contribution is 2.26. The Morgan fingerprint density at radius 1 is 1.12 bits per heavy atom. The van der Waals surface area contributed by atoms with Gasteiger partial charge in [0.1, 0.15) is 10.8 Å². The molecule has 0 saturated carbocycles. The second kappa shape index (κ2) is 12.3. The largest absolute Gasteiger partial charge is 0.497 e. The van der Waals surface area contributed by atoms with E-state index in [1.165, 1.54) is 6.07 Å². The summed E-state index contributed by atoms with van der Waals surface area (Å²) in [6, 6.07) is 12.4. The van der Waals surface area contributed by atoms with Crippen LogP contribution >= 0.6 is 11.3 Å². The van der Waals surface area contributed by atoms with Crippen molar-refractivity contribution in [1.29, 1.82) is 0 Å². The van der Waals surface area contributed by atoms with Gasteiger partial charge in [0.2, 0.25) is 0 Å². The number of benzene rings is 2. The highest BCUT2D eigenvalue weighted by Gasteiger charge is 2.21. The number of hydrogen-bond acceptors (Lipinski definition) is 7. The number of carbonyl (C=O) groups is 1. The zero-order chi connectivity index (χ0) is 23.6. The van der Waals surface area contributed by atoms with Gasteiger partial charge in [0.15, 0.2) is 17.7 Å². The molecule has 0 N–H and O–H groups in total. The van der Waals surface area contributed by atoms with E-state index in [0.29, 0.717) is 25.2 Å². The monoisotopic (exact) mass is 473 g/mol. The fourth-order valence-electron chi connectivity index (χ4n) is 3.20. The van der Waals surface area contributed by atoms with Crippen LogP contribution < -0.4 is 9.47 Å². The Hall–Kier alpha value is -2.97. The standard InChI is InChI=1S/C25H28FNO5S/c1-4-30-23(25(28)31-5-2)15-17-6-11-22(21(26)14-17)32-13-12-19-16-33-24(27-19)18-7-9-20(29-3)10-8-18/h6-11,14,16,23H,4-5,12-13,15H2,1-3H3. The number of hydrogen-bond donors (Lipinski definition) is 0. The number of nitrogens with zero attached hydrogens (tertiary/aromatic N) is 1. The fraction of sp³-hybridized carbons (Fsp3) is 0.360. The van der Waals surface area contributed by atoms with E-state index in [1.807, 2.05) is 29.6 Å². The third-order valence-corrected chi connectivity index (χ3v) is 5.78. The van der Waals surface area contributed by atoms with E-state index >= 15 is 0 Å². The van der Waals surface area contributed by atoms with Gasteiger partial charge in [0.25, 0.3) is 0 Å². The number of halogens is 1. The third-order valence-electron chi connectivity index (χ3n) is 4.84. The maximum absolute atomic E-state index is 14.5. The lowest BCUT2D eigenvalue weighted by Crippen LogP contribution is -2.29.